The van der Waals surface area contributed by atoms with Gasteiger partial charge in [0.05, 0.1) is 5.92 Å². The molecule has 0 aliphatic carbocycles. The summed E-state index contributed by atoms with van der Waals surface area (Å²) < 4.78 is 0. The molecule has 1 atom stereocenters. The zero-order chi connectivity index (χ0) is 14.9. The molecule has 1 aromatic heterocycles. The van der Waals surface area contributed by atoms with Crippen molar-refractivity contribution < 1.29 is 14.7 Å². The van der Waals surface area contributed by atoms with Crippen LogP contribution in [0.3, 0.4) is 0 Å². The number of aromatic nitrogens is 2. The third-order valence-corrected chi connectivity index (χ3v) is 3.40. The van der Waals surface area contributed by atoms with Crippen molar-refractivity contribution >= 4 is 17.8 Å². The van der Waals surface area contributed by atoms with Gasteiger partial charge in [0.25, 0.3) is 5.91 Å². The van der Waals surface area contributed by atoms with Crippen molar-refractivity contribution in [1.29, 1.82) is 0 Å². The Hall–Kier alpha value is -2.18. The number of carboxylic acids is 1. The van der Waals surface area contributed by atoms with E-state index in [4.69, 9.17) is 10.8 Å². The van der Waals surface area contributed by atoms with Crippen LogP contribution in [-0.2, 0) is 4.79 Å². The predicted molar refractivity (Wildman–Crippen MR) is 72.2 cm³/mol. The highest BCUT2D eigenvalue weighted by Gasteiger charge is 2.32. The van der Waals surface area contributed by atoms with Gasteiger partial charge in [-0.05, 0) is 18.4 Å². The lowest BCUT2D eigenvalue weighted by atomic mass is 10.1. The number of aliphatic carboxylic acids is 1. The number of carbonyl (C=O) groups is 2. The Morgan fingerprint density at radius 2 is 2.15 bits per heavy atom. The molecular weight excluding hydrogens is 260 g/mol. The summed E-state index contributed by atoms with van der Waals surface area (Å²) in [4.78, 5) is 32.8. The number of hydrogen-bond donors (Lipinski definition) is 2. The normalized spacial score (nSPS) is 18.6. The second-order valence-electron chi connectivity index (χ2n) is 5.27. The average Bonchev–Trinajstić information content (AvgIpc) is 2.86. The Morgan fingerprint density at radius 1 is 1.45 bits per heavy atom. The van der Waals surface area contributed by atoms with E-state index in [1.54, 1.807) is 6.07 Å². The smallest absolute Gasteiger partial charge is 0.308 e. The van der Waals surface area contributed by atoms with Crippen LogP contribution in [0.15, 0.2) is 6.07 Å². The molecule has 1 aromatic rings. The molecule has 1 fully saturated rings. The number of hydrogen-bond acceptors (Lipinski definition) is 5. The van der Waals surface area contributed by atoms with E-state index in [0.29, 0.717) is 18.7 Å². The maximum absolute atomic E-state index is 12.3. The topological polar surface area (TPSA) is 109 Å². The van der Waals surface area contributed by atoms with Gasteiger partial charge >= 0.3 is 5.97 Å². The quantitative estimate of drug-likeness (QED) is 0.843. The Labute approximate surface area is 116 Å². The molecule has 1 unspecified atom stereocenters. The monoisotopic (exact) mass is 278 g/mol. The summed E-state index contributed by atoms with van der Waals surface area (Å²) in [5.41, 5.74) is 6.55. The molecule has 0 aromatic carbocycles. The fraction of sp³-hybridized carbons (Fsp3) is 0.538. The second kappa shape index (κ2) is 5.44. The van der Waals surface area contributed by atoms with E-state index in [-0.39, 0.29) is 30.0 Å². The SMILES string of the molecule is CC(C)c1cc(C(=O)N2CCC(C(=O)O)C2)nc(N)n1. The summed E-state index contributed by atoms with van der Waals surface area (Å²) in [6, 6.07) is 1.62. The van der Waals surface area contributed by atoms with E-state index >= 15 is 0 Å². The van der Waals surface area contributed by atoms with Crippen LogP contribution < -0.4 is 5.73 Å². The minimum atomic E-state index is -0.870. The highest BCUT2D eigenvalue weighted by Crippen LogP contribution is 2.20. The van der Waals surface area contributed by atoms with E-state index in [2.05, 4.69) is 9.97 Å². The molecule has 0 spiro atoms. The highest BCUT2D eigenvalue weighted by atomic mass is 16.4. The third-order valence-electron chi connectivity index (χ3n) is 3.40. The van der Waals surface area contributed by atoms with Gasteiger partial charge in [-0.25, -0.2) is 9.97 Å². The predicted octanol–water partition coefficient (Wildman–Crippen LogP) is 0.729. The molecule has 108 valence electrons. The maximum atomic E-state index is 12.3. The summed E-state index contributed by atoms with van der Waals surface area (Å²) in [6.07, 6.45) is 0.471. The van der Waals surface area contributed by atoms with Crippen molar-refractivity contribution in [3.05, 3.63) is 17.5 Å². The van der Waals surface area contributed by atoms with E-state index < -0.39 is 11.9 Å². The van der Waals surface area contributed by atoms with E-state index in [1.807, 2.05) is 13.8 Å². The van der Waals surface area contributed by atoms with Crippen LogP contribution in [0.1, 0.15) is 42.4 Å². The van der Waals surface area contributed by atoms with Gasteiger partial charge in [0, 0.05) is 18.8 Å². The molecule has 20 heavy (non-hydrogen) atoms. The van der Waals surface area contributed by atoms with Gasteiger partial charge in [0.1, 0.15) is 5.69 Å². The van der Waals surface area contributed by atoms with Gasteiger partial charge in [0.15, 0.2) is 0 Å². The minimum absolute atomic E-state index is 0.0635. The van der Waals surface area contributed by atoms with Crippen molar-refractivity contribution in [3.63, 3.8) is 0 Å². The molecule has 0 saturated carbocycles. The number of carbonyl (C=O) groups excluding carboxylic acids is 1. The first-order valence-electron chi connectivity index (χ1n) is 6.55. The van der Waals surface area contributed by atoms with Gasteiger partial charge < -0.3 is 15.7 Å². The lowest BCUT2D eigenvalue weighted by Gasteiger charge is -2.16. The number of anilines is 1. The fourth-order valence-electron chi connectivity index (χ4n) is 2.20. The van der Waals surface area contributed by atoms with E-state index in [1.165, 1.54) is 4.90 Å². The lowest BCUT2D eigenvalue weighted by Crippen LogP contribution is -2.31. The van der Waals surface area contributed by atoms with Crippen molar-refractivity contribution in [1.82, 2.24) is 14.9 Å². The first-order chi connectivity index (χ1) is 9.38. The maximum Gasteiger partial charge on any atom is 0.308 e. The molecule has 2 rings (SSSR count). The van der Waals surface area contributed by atoms with Crippen molar-refractivity contribution in [2.75, 3.05) is 18.8 Å². The third kappa shape index (κ3) is 2.87. The minimum Gasteiger partial charge on any atom is -0.481 e. The van der Waals surface area contributed by atoms with Crippen LogP contribution in [0, 0.1) is 5.92 Å². The Balaban J connectivity index is 2.20. The largest absolute Gasteiger partial charge is 0.481 e. The molecule has 1 amide bonds. The lowest BCUT2D eigenvalue weighted by molar-refractivity contribution is -0.141. The molecule has 0 radical (unpaired) electrons. The summed E-state index contributed by atoms with van der Waals surface area (Å²) in [5, 5.41) is 8.96. The molecule has 7 nitrogen and oxygen atoms in total. The summed E-state index contributed by atoms with van der Waals surface area (Å²) in [6.45, 7) is 4.55. The molecule has 1 aliphatic heterocycles. The van der Waals surface area contributed by atoms with Crippen LogP contribution in [-0.4, -0.2) is 44.9 Å². The van der Waals surface area contributed by atoms with Crippen molar-refractivity contribution in [2.24, 2.45) is 5.92 Å². The number of rotatable bonds is 3. The Bertz CT molecular complexity index is 544. The zero-order valence-corrected chi connectivity index (χ0v) is 11.5. The van der Waals surface area contributed by atoms with Gasteiger partial charge in [-0.2, -0.15) is 0 Å². The highest BCUT2D eigenvalue weighted by molar-refractivity contribution is 5.93. The van der Waals surface area contributed by atoms with Crippen LogP contribution in [0.5, 0.6) is 0 Å². The summed E-state index contributed by atoms with van der Waals surface area (Å²) in [5.74, 6) is -1.46. The number of carboxylic acid groups (broad SMARTS) is 1. The molecule has 1 saturated heterocycles. The summed E-state index contributed by atoms with van der Waals surface area (Å²) in [7, 11) is 0. The first-order valence-corrected chi connectivity index (χ1v) is 6.55. The average molecular weight is 278 g/mol. The molecule has 0 bridgehead atoms. The number of nitrogens with zero attached hydrogens (tertiary/aromatic N) is 3. The van der Waals surface area contributed by atoms with Crippen LogP contribution in [0.2, 0.25) is 0 Å². The molecule has 7 heteroatoms. The number of nitrogens with two attached hydrogens (primary N) is 1. The molecule has 2 heterocycles. The zero-order valence-electron chi connectivity index (χ0n) is 11.5. The van der Waals surface area contributed by atoms with Gasteiger partial charge in [-0.3, -0.25) is 9.59 Å². The fourth-order valence-corrected chi connectivity index (χ4v) is 2.20. The van der Waals surface area contributed by atoms with Crippen molar-refractivity contribution in [3.8, 4) is 0 Å². The molecule has 1 aliphatic rings. The number of nitrogen functional groups attached to an aromatic ring is 1. The second-order valence-corrected chi connectivity index (χ2v) is 5.27. The first kappa shape index (κ1) is 14.2. The van der Waals surface area contributed by atoms with Gasteiger partial charge in [-0.15, -0.1) is 0 Å². The van der Waals surface area contributed by atoms with Crippen LogP contribution in [0.25, 0.3) is 0 Å². The van der Waals surface area contributed by atoms with Crippen LogP contribution in [0.4, 0.5) is 5.95 Å². The Kier molecular flexibility index (Phi) is 3.87. The van der Waals surface area contributed by atoms with Gasteiger partial charge in [-0.1, -0.05) is 13.8 Å². The molecule has 3 N–H and O–H groups in total. The summed E-state index contributed by atoms with van der Waals surface area (Å²) >= 11 is 0. The van der Waals surface area contributed by atoms with Crippen molar-refractivity contribution in [2.45, 2.75) is 26.2 Å². The Morgan fingerprint density at radius 3 is 2.70 bits per heavy atom. The van der Waals surface area contributed by atoms with E-state index in [0.717, 1.165) is 0 Å². The molecular formula is C13H18N4O3. The standard InChI is InChI=1S/C13H18N4O3/c1-7(2)9-5-10(16-13(14)15-9)11(18)17-4-3-8(6-17)12(19)20/h5,7-8H,3-4,6H2,1-2H3,(H,19,20)(H2,14,15,16). The van der Waals surface area contributed by atoms with Crippen LogP contribution >= 0.6 is 0 Å². The van der Waals surface area contributed by atoms with E-state index in [9.17, 15) is 9.59 Å². The number of likely N-dealkylation sites (tertiary alicyclic amines) is 1. The van der Waals surface area contributed by atoms with Gasteiger partial charge in [0.2, 0.25) is 5.95 Å². The number of amides is 1.